The maximum Gasteiger partial charge on any atom is 0.222 e. The summed E-state index contributed by atoms with van der Waals surface area (Å²) in [6, 6.07) is 4.76. The smallest absolute Gasteiger partial charge is 0.222 e. The van der Waals surface area contributed by atoms with Gasteiger partial charge in [0.25, 0.3) is 0 Å². The van der Waals surface area contributed by atoms with Crippen LogP contribution < -0.4 is 10.2 Å². The average Bonchev–Trinajstić information content (AvgIpc) is 3.54. The van der Waals surface area contributed by atoms with E-state index in [1.807, 2.05) is 18.1 Å². The minimum absolute atomic E-state index is 0.0689. The van der Waals surface area contributed by atoms with E-state index in [1.54, 1.807) is 40.7 Å². The Balaban J connectivity index is 1.66. The molecule has 0 saturated carbocycles. The van der Waals surface area contributed by atoms with Crippen molar-refractivity contribution in [3.8, 4) is 17.0 Å². The molecule has 1 aliphatic rings. The van der Waals surface area contributed by atoms with Gasteiger partial charge in [0.2, 0.25) is 5.91 Å². The summed E-state index contributed by atoms with van der Waals surface area (Å²) in [7, 11) is 3.15. The minimum Gasteiger partial charge on any atom is -0.494 e. The Kier molecular flexibility index (Phi) is 7.17. The van der Waals surface area contributed by atoms with Crippen LogP contribution in [0.4, 0.5) is 14.5 Å². The Bertz CT molecular complexity index is 1550. The number of aryl methyl sites for hydroxylation is 3. The molecule has 0 atom stereocenters. The van der Waals surface area contributed by atoms with Gasteiger partial charge in [-0.15, -0.1) is 0 Å². The van der Waals surface area contributed by atoms with E-state index in [2.05, 4.69) is 15.1 Å². The topological polar surface area (TPSA) is 90.4 Å². The zero-order valence-corrected chi connectivity index (χ0v) is 21.6. The second kappa shape index (κ2) is 10.7. The summed E-state index contributed by atoms with van der Waals surface area (Å²) in [6.07, 6.45) is 7.58. The summed E-state index contributed by atoms with van der Waals surface area (Å²) >= 11 is 0. The number of nitrogens with zero attached hydrogens (tertiary/aromatic N) is 7. The summed E-state index contributed by atoms with van der Waals surface area (Å²) in [4.78, 5) is 27.8. The Morgan fingerprint density at radius 1 is 1.16 bits per heavy atom. The number of aromatic nitrogens is 5. The van der Waals surface area contributed by atoms with Crippen molar-refractivity contribution in [2.24, 2.45) is 12.0 Å². The quantitative estimate of drug-likeness (QED) is 0.351. The number of rotatable bonds is 8. The van der Waals surface area contributed by atoms with Crippen LogP contribution in [0.2, 0.25) is 0 Å². The van der Waals surface area contributed by atoms with Crippen molar-refractivity contribution < 1.29 is 18.3 Å². The number of fused-ring (bicyclic) bond motifs is 1. The summed E-state index contributed by atoms with van der Waals surface area (Å²) in [5.74, 6) is -1.52. The summed E-state index contributed by atoms with van der Waals surface area (Å²) < 4.78 is 39.1. The lowest BCUT2D eigenvalue weighted by Gasteiger charge is -2.17. The van der Waals surface area contributed by atoms with Gasteiger partial charge in [0.05, 0.1) is 25.2 Å². The summed E-state index contributed by atoms with van der Waals surface area (Å²) in [5.41, 5.74) is 2.72. The van der Waals surface area contributed by atoms with E-state index < -0.39 is 17.3 Å². The highest BCUT2D eigenvalue weighted by atomic mass is 19.1. The van der Waals surface area contributed by atoms with Gasteiger partial charge in [-0.2, -0.15) is 5.10 Å². The monoisotopic (exact) mass is 521 g/mol. The number of carbonyl (C=O) groups excluding carboxylic acids is 1. The SMILES string of the molecule is CCc1cc(OC)c(F)c(N=c2ccc3ncc(-c4cnn(C)c4)nc3n2CCCN2CCCC2=O)c1F. The van der Waals surface area contributed by atoms with Crippen LogP contribution in [0.5, 0.6) is 5.75 Å². The molecule has 1 aromatic carbocycles. The number of amides is 1. The van der Waals surface area contributed by atoms with Gasteiger partial charge in [0.15, 0.2) is 23.0 Å². The molecule has 0 bridgehead atoms. The molecule has 0 aliphatic carbocycles. The van der Waals surface area contributed by atoms with Crippen LogP contribution in [0.15, 0.2) is 41.8 Å². The number of likely N-dealkylation sites (tertiary alicyclic amines) is 1. The highest BCUT2D eigenvalue weighted by Crippen LogP contribution is 2.32. The maximum absolute atomic E-state index is 15.3. The molecule has 0 spiro atoms. The van der Waals surface area contributed by atoms with E-state index in [0.717, 1.165) is 18.5 Å². The second-order valence-corrected chi connectivity index (χ2v) is 9.23. The lowest BCUT2D eigenvalue weighted by molar-refractivity contribution is -0.127. The van der Waals surface area contributed by atoms with Crippen molar-refractivity contribution in [3.63, 3.8) is 0 Å². The van der Waals surface area contributed by atoms with Crippen molar-refractivity contribution in [3.05, 3.63) is 59.5 Å². The molecule has 1 aliphatic heterocycles. The van der Waals surface area contributed by atoms with E-state index in [4.69, 9.17) is 9.72 Å². The fourth-order valence-electron chi connectivity index (χ4n) is 4.70. The van der Waals surface area contributed by atoms with Crippen molar-refractivity contribution >= 4 is 22.8 Å². The van der Waals surface area contributed by atoms with Crippen molar-refractivity contribution in [2.75, 3.05) is 20.2 Å². The molecular weight excluding hydrogens is 492 g/mol. The van der Waals surface area contributed by atoms with Gasteiger partial charge in [0, 0.05) is 44.9 Å². The van der Waals surface area contributed by atoms with E-state index in [1.165, 1.54) is 13.2 Å². The molecule has 9 nitrogen and oxygen atoms in total. The molecule has 11 heteroatoms. The molecular formula is C27H29F2N7O2. The molecule has 0 radical (unpaired) electrons. The number of hydrogen-bond donors (Lipinski definition) is 0. The third-order valence-electron chi connectivity index (χ3n) is 6.73. The molecule has 1 saturated heterocycles. The van der Waals surface area contributed by atoms with Gasteiger partial charge in [0.1, 0.15) is 16.7 Å². The molecule has 4 heterocycles. The van der Waals surface area contributed by atoms with E-state index in [9.17, 15) is 4.79 Å². The molecule has 1 fully saturated rings. The van der Waals surface area contributed by atoms with Crippen LogP contribution in [-0.2, 0) is 24.8 Å². The average molecular weight is 522 g/mol. The predicted molar refractivity (Wildman–Crippen MR) is 138 cm³/mol. The Hall–Kier alpha value is -4.15. The Morgan fingerprint density at radius 2 is 2.00 bits per heavy atom. The standard InChI is InChI=1S/C27H29F2N7O2/c1-4-17-13-21(38-3)25(29)26(24(17)28)33-22-9-8-19-27(32-20(15-30-19)18-14-31-34(2)16-18)36(22)12-6-11-35-10-5-7-23(35)37/h8-9,13-16H,4-7,10-12H2,1-3H3. The molecule has 5 rings (SSSR count). The van der Waals surface area contributed by atoms with Gasteiger partial charge in [-0.3, -0.25) is 14.5 Å². The van der Waals surface area contributed by atoms with Gasteiger partial charge in [-0.1, -0.05) is 6.92 Å². The van der Waals surface area contributed by atoms with E-state index >= 15 is 8.78 Å². The second-order valence-electron chi connectivity index (χ2n) is 9.23. The van der Waals surface area contributed by atoms with Crippen LogP contribution in [0.1, 0.15) is 31.7 Å². The summed E-state index contributed by atoms with van der Waals surface area (Å²) in [6.45, 7) is 3.50. The number of benzene rings is 1. The molecule has 4 aromatic rings. The highest BCUT2D eigenvalue weighted by molar-refractivity contribution is 5.78. The number of carbonyl (C=O) groups is 1. The van der Waals surface area contributed by atoms with Gasteiger partial charge >= 0.3 is 0 Å². The number of methoxy groups -OCH3 is 1. The first-order chi connectivity index (χ1) is 18.4. The highest BCUT2D eigenvalue weighted by Gasteiger charge is 2.21. The summed E-state index contributed by atoms with van der Waals surface area (Å²) in [5, 5.41) is 4.21. The molecule has 38 heavy (non-hydrogen) atoms. The van der Waals surface area contributed by atoms with Crippen LogP contribution in [0, 0.1) is 11.6 Å². The fourth-order valence-corrected chi connectivity index (χ4v) is 4.70. The maximum atomic E-state index is 15.3. The number of hydrogen-bond acceptors (Lipinski definition) is 6. The lowest BCUT2D eigenvalue weighted by atomic mass is 10.1. The zero-order chi connectivity index (χ0) is 26.8. The number of ether oxygens (including phenoxy) is 1. The van der Waals surface area contributed by atoms with Crippen LogP contribution in [-0.4, -0.2) is 55.3 Å². The van der Waals surface area contributed by atoms with Crippen LogP contribution in [0.3, 0.4) is 0 Å². The van der Waals surface area contributed by atoms with Gasteiger partial charge < -0.3 is 14.2 Å². The number of pyridine rings is 1. The normalized spacial score (nSPS) is 14.2. The Morgan fingerprint density at radius 3 is 2.68 bits per heavy atom. The Labute approximate surface area is 218 Å². The van der Waals surface area contributed by atoms with Crippen LogP contribution >= 0.6 is 0 Å². The van der Waals surface area contributed by atoms with E-state index in [0.29, 0.717) is 60.3 Å². The molecule has 1 amide bonds. The van der Waals surface area contributed by atoms with Crippen molar-refractivity contribution in [1.82, 2.24) is 29.2 Å². The van der Waals surface area contributed by atoms with Crippen molar-refractivity contribution in [1.29, 1.82) is 0 Å². The third-order valence-corrected chi connectivity index (χ3v) is 6.73. The van der Waals surface area contributed by atoms with Gasteiger partial charge in [-0.05, 0) is 43.0 Å². The van der Waals surface area contributed by atoms with Crippen molar-refractivity contribution in [2.45, 2.75) is 39.2 Å². The van der Waals surface area contributed by atoms with E-state index in [-0.39, 0.29) is 11.7 Å². The minimum atomic E-state index is -0.869. The number of halogens is 2. The fraction of sp³-hybridized carbons (Fsp3) is 0.370. The zero-order valence-electron chi connectivity index (χ0n) is 21.6. The predicted octanol–water partition coefficient (Wildman–Crippen LogP) is 3.93. The van der Waals surface area contributed by atoms with Crippen LogP contribution in [0.25, 0.3) is 22.4 Å². The van der Waals surface area contributed by atoms with Gasteiger partial charge in [-0.25, -0.2) is 18.8 Å². The third kappa shape index (κ3) is 4.88. The molecule has 3 aromatic heterocycles. The first-order valence-corrected chi connectivity index (χ1v) is 12.6. The molecule has 0 unspecified atom stereocenters. The molecule has 198 valence electrons. The largest absolute Gasteiger partial charge is 0.494 e. The molecule has 0 N–H and O–H groups in total. The first-order valence-electron chi connectivity index (χ1n) is 12.6. The lowest BCUT2D eigenvalue weighted by Crippen LogP contribution is -2.28. The first kappa shape index (κ1) is 25.5.